The highest BCUT2D eigenvalue weighted by atomic mass is 15.3. The van der Waals surface area contributed by atoms with Gasteiger partial charge >= 0.3 is 0 Å². The van der Waals surface area contributed by atoms with Gasteiger partial charge in [0.05, 0.1) is 0 Å². The molecule has 0 saturated heterocycles. The first kappa shape index (κ1) is 10.9. The van der Waals surface area contributed by atoms with Gasteiger partial charge in [-0.25, -0.2) is 10.4 Å². The first-order chi connectivity index (χ1) is 8.88. The molecule has 3 aromatic rings. The van der Waals surface area contributed by atoms with Crippen molar-refractivity contribution in [3.8, 4) is 0 Å². The second-order valence-electron chi connectivity index (χ2n) is 4.08. The topological polar surface area (TPSA) is 79.6 Å². The van der Waals surface area contributed by atoms with Gasteiger partial charge in [-0.3, -0.25) is 10.9 Å². The number of rotatable bonds is 3. The average Bonchev–Trinajstić information content (AvgIpc) is 2.93. The van der Waals surface area contributed by atoms with Crippen LogP contribution in [0.2, 0.25) is 0 Å². The van der Waals surface area contributed by atoms with Crippen LogP contribution in [-0.2, 0) is 0 Å². The zero-order valence-electron chi connectivity index (χ0n) is 9.67. The lowest BCUT2D eigenvalue weighted by Crippen LogP contribution is -2.29. The molecule has 5 heteroatoms. The zero-order valence-corrected chi connectivity index (χ0v) is 9.67. The van der Waals surface area contributed by atoms with Gasteiger partial charge in [0.15, 0.2) is 0 Å². The molecule has 90 valence electrons. The smallest absolute Gasteiger partial charge is 0.147 e. The van der Waals surface area contributed by atoms with Gasteiger partial charge in [-0.1, -0.05) is 36.4 Å². The Bertz CT molecular complexity index is 647. The van der Waals surface area contributed by atoms with E-state index >= 15 is 0 Å². The highest BCUT2D eigenvalue weighted by Crippen LogP contribution is 2.22. The molecule has 0 spiro atoms. The molecule has 0 fully saturated rings. The first-order valence-electron chi connectivity index (χ1n) is 5.68. The molecule has 0 bridgehead atoms. The Labute approximate surface area is 104 Å². The molecule has 4 N–H and O–H groups in total. The molecular formula is C13H13N5. The molecule has 18 heavy (non-hydrogen) atoms. The first-order valence-corrected chi connectivity index (χ1v) is 5.68. The number of hydrazine groups is 1. The van der Waals surface area contributed by atoms with Crippen molar-refractivity contribution < 1.29 is 0 Å². The molecular weight excluding hydrogens is 226 g/mol. The van der Waals surface area contributed by atoms with Crippen LogP contribution in [0.5, 0.6) is 0 Å². The van der Waals surface area contributed by atoms with E-state index in [0.29, 0.717) is 5.82 Å². The van der Waals surface area contributed by atoms with Crippen LogP contribution in [0.25, 0.3) is 10.8 Å². The summed E-state index contributed by atoms with van der Waals surface area (Å²) in [6.45, 7) is 0. The maximum Gasteiger partial charge on any atom is 0.147 e. The molecule has 0 aliphatic heterocycles. The Morgan fingerprint density at radius 2 is 1.94 bits per heavy atom. The van der Waals surface area contributed by atoms with Crippen molar-refractivity contribution in [2.45, 2.75) is 6.04 Å². The van der Waals surface area contributed by atoms with Gasteiger partial charge in [0.2, 0.25) is 0 Å². The normalized spacial score (nSPS) is 12.7. The summed E-state index contributed by atoms with van der Waals surface area (Å²) < 4.78 is 0. The Morgan fingerprint density at radius 3 is 2.67 bits per heavy atom. The van der Waals surface area contributed by atoms with E-state index in [9.17, 15) is 0 Å². The quantitative estimate of drug-likeness (QED) is 0.478. The number of nitrogens with two attached hydrogens (primary N) is 1. The van der Waals surface area contributed by atoms with Crippen molar-refractivity contribution in [1.29, 1.82) is 0 Å². The summed E-state index contributed by atoms with van der Waals surface area (Å²) in [6, 6.07) is 14.2. The number of nitrogens with one attached hydrogen (secondary N) is 2. The Kier molecular flexibility index (Phi) is 2.76. The lowest BCUT2D eigenvalue weighted by Gasteiger charge is -2.14. The van der Waals surface area contributed by atoms with E-state index in [1.165, 1.54) is 17.1 Å². The van der Waals surface area contributed by atoms with Crippen LogP contribution >= 0.6 is 0 Å². The van der Waals surface area contributed by atoms with Crippen LogP contribution in [0.15, 0.2) is 48.8 Å². The van der Waals surface area contributed by atoms with Crippen LogP contribution in [0.1, 0.15) is 17.4 Å². The van der Waals surface area contributed by atoms with E-state index in [1.807, 2.05) is 18.2 Å². The van der Waals surface area contributed by atoms with Crippen molar-refractivity contribution >= 4 is 10.8 Å². The van der Waals surface area contributed by atoms with Crippen molar-refractivity contribution in [1.82, 2.24) is 20.6 Å². The molecule has 1 unspecified atom stereocenters. The van der Waals surface area contributed by atoms with Crippen molar-refractivity contribution in [2.24, 2.45) is 5.84 Å². The molecule has 3 rings (SSSR count). The molecule has 2 aromatic carbocycles. The van der Waals surface area contributed by atoms with E-state index in [1.54, 1.807) is 0 Å². The number of H-pyrrole nitrogens is 1. The predicted molar refractivity (Wildman–Crippen MR) is 69.5 cm³/mol. The van der Waals surface area contributed by atoms with Gasteiger partial charge in [-0.2, -0.15) is 5.10 Å². The largest absolute Gasteiger partial charge is 0.270 e. The van der Waals surface area contributed by atoms with Crippen molar-refractivity contribution in [3.63, 3.8) is 0 Å². The fraction of sp³-hybridized carbons (Fsp3) is 0.0769. The number of aromatic amines is 1. The monoisotopic (exact) mass is 239 g/mol. The maximum absolute atomic E-state index is 5.60. The summed E-state index contributed by atoms with van der Waals surface area (Å²) in [5.74, 6) is 6.30. The number of aromatic nitrogens is 3. The zero-order chi connectivity index (χ0) is 12.4. The number of fused-ring (bicyclic) bond motifs is 1. The molecule has 0 aliphatic rings. The second kappa shape index (κ2) is 4.56. The summed E-state index contributed by atoms with van der Waals surface area (Å²) >= 11 is 0. The Morgan fingerprint density at radius 1 is 1.11 bits per heavy atom. The van der Waals surface area contributed by atoms with E-state index < -0.39 is 0 Å². The standard InChI is InChI=1S/C13H13N5/c14-17-12(13-15-8-16-18-13)11-6-5-9-3-1-2-4-10(9)7-11/h1-8,12,17H,14H2,(H,15,16,18). The third-order valence-electron chi connectivity index (χ3n) is 2.98. The number of benzene rings is 2. The van der Waals surface area contributed by atoms with Gasteiger partial charge in [0.25, 0.3) is 0 Å². The highest BCUT2D eigenvalue weighted by molar-refractivity contribution is 5.83. The number of nitrogens with zero attached hydrogens (tertiary/aromatic N) is 2. The van der Waals surface area contributed by atoms with Crippen molar-refractivity contribution in [3.05, 3.63) is 60.2 Å². The SMILES string of the molecule is NNC(c1ccc2ccccc2c1)c1ncn[nH]1. The molecule has 5 nitrogen and oxygen atoms in total. The molecule has 1 atom stereocenters. The summed E-state index contributed by atoms with van der Waals surface area (Å²) in [7, 11) is 0. The average molecular weight is 239 g/mol. The maximum atomic E-state index is 5.60. The van der Waals surface area contributed by atoms with Crippen LogP contribution in [-0.4, -0.2) is 15.2 Å². The summed E-state index contributed by atoms with van der Waals surface area (Å²) in [4.78, 5) is 4.13. The van der Waals surface area contributed by atoms with E-state index in [-0.39, 0.29) is 6.04 Å². The van der Waals surface area contributed by atoms with Gasteiger partial charge < -0.3 is 0 Å². The van der Waals surface area contributed by atoms with Gasteiger partial charge in [-0.15, -0.1) is 0 Å². The lowest BCUT2D eigenvalue weighted by molar-refractivity contribution is 0.604. The fourth-order valence-corrected chi connectivity index (χ4v) is 2.07. The van der Waals surface area contributed by atoms with Crippen LogP contribution in [0, 0.1) is 0 Å². The number of hydrogen-bond donors (Lipinski definition) is 3. The fourth-order valence-electron chi connectivity index (χ4n) is 2.07. The highest BCUT2D eigenvalue weighted by Gasteiger charge is 2.15. The van der Waals surface area contributed by atoms with E-state index in [4.69, 9.17) is 5.84 Å². The minimum absolute atomic E-state index is 0.183. The molecule has 0 amide bonds. The Balaban J connectivity index is 2.07. The van der Waals surface area contributed by atoms with Gasteiger partial charge in [-0.05, 0) is 22.4 Å². The minimum atomic E-state index is -0.183. The van der Waals surface area contributed by atoms with Crippen LogP contribution in [0.4, 0.5) is 0 Å². The van der Waals surface area contributed by atoms with Crippen LogP contribution < -0.4 is 11.3 Å². The van der Waals surface area contributed by atoms with E-state index in [2.05, 4.69) is 44.9 Å². The summed E-state index contributed by atoms with van der Waals surface area (Å²) in [5, 5.41) is 9.06. The number of hydrogen-bond acceptors (Lipinski definition) is 4. The minimum Gasteiger partial charge on any atom is -0.270 e. The third kappa shape index (κ3) is 1.85. The molecule has 0 radical (unpaired) electrons. The lowest BCUT2D eigenvalue weighted by atomic mass is 10.0. The molecule has 1 heterocycles. The molecule has 0 saturated carbocycles. The summed E-state index contributed by atoms with van der Waals surface area (Å²) in [5.41, 5.74) is 3.80. The molecule has 1 aromatic heterocycles. The predicted octanol–water partition coefficient (Wildman–Crippen LogP) is 1.51. The molecule has 0 aliphatic carbocycles. The summed E-state index contributed by atoms with van der Waals surface area (Å²) in [6.07, 6.45) is 1.47. The van der Waals surface area contributed by atoms with Gasteiger partial charge in [0, 0.05) is 0 Å². The third-order valence-corrected chi connectivity index (χ3v) is 2.98. The van der Waals surface area contributed by atoms with Gasteiger partial charge in [0.1, 0.15) is 18.2 Å². The second-order valence-corrected chi connectivity index (χ2v) is 4.08. The van der Waals surface area contributed by atoms with Crippen LogP contribution in [0.3, 0.4) is 0 Å². The van der Waals surface area contributed by atoms with E-state index in [0.717, 1.165) is 5.56 Å². The van der Waals surface area contributed by atoms with Crippen molar-refractivity contribution in [2.75, 3.05) is 0 Å². The Hall–Kier alpha value is -2.24.